The molecule has 2 N–H and O–H groups in total. The summed E-state index contributed by atoms with van der Waals surface area (Å²) in [5, 5.41) is 6.59. The van der Waals surface area contributed by atoms with Gasteiger partial charge in [-0.25, -0.2) is 9.97 Å². The number of anilines is 1. The van der Waals surface area contributed by atoms with E-state index in [0.29, 0.717) is 0 Å². The van der Waals surface area contributed by atoms with Crippen LogP contribution in [0.5, 0.6) is 0 Å². The van der Waals surface area contributed by atoms with Gasteiger partial charge in [-0.2, -0.15) is 0 Å². The van der Waals surface area contributed by atoms with Crippen molar-refractivity contribution in [3.05, 3.63) is 18.0 Å². The van der Waals surface area contributed by atoms with Crippen molar-refractivity contribution in [2.75, 3.05) is 25.0 Å². The first kappa shape index (κ1) is 9.40. The van der Waals surface area contributed by atoms with Crippen molar-refractivity contribution in [2.24, 2.45) is 5.92 Å². The molecule has 2 rings (SSSR count). The molecule has 14 heavy (non-hydrogen) atoms. The van der Waals surface area contributed by atoms with Crippen molar-refractivity contribution >= 4 is 5.95 Å². The van der Waals surface area contributed by atoms with Crippen molar-refractivity contribution in [1.82, 2.24) is 15.3 Å². The molecular formula is C10H16N4. The lowest BCUT2D eigenvalue weighted by atomic mass is 10.1. The Hall–Kier alpha value is -1.16. The average molecular weight is 192 g/mol. The fourth-order valence-corrected chi connectivity index (χ4v) is 1.61. The number of hydrogen-bond donors (Lipinski definition) is 2. The van der Waals surface area contributed by atoms with Gasteiger partial charge in [0.1, 0.15) is 0 Å². The molecule has 1 fully saturated rings. The van der Waals surface area contributed by atoms with Gasteiger partial charge in [0.2, 0.25) is 5.95 Å². The molecular weight excluding hydrogens is 176 g/mol. The molecule has 4 heteroatoms. The molecule has 1 aliphatic heterocycles. The summed E-state index contributed by atoms with van der Waals surface area (Å²) >= 11 is 0. The van der Waals surface area contributed by atoms with Gasteiger partial charge in [0, 0.05) is 18.9 Å². The number of aryl methyl sites for hydroxylation is 1. The van der Waals surface area contributed by atoms with Gasteiger partial charge < -0.3 is 10.6 Å². The Morgan fingerprint density at radius 2 is 2.29 bits per heavy atom. The summed E-state index contributed by atoms with van der Waals surface area (Å²) in [5.41, 5.74) is 1.10. The zero-order valence-electron chi connectivity index (χ0n) is 8.45. The second-order valence-electron chi connectivity index (χ2n) is 3.82. The van der Waals surface area contributed by atoms with Crippen LogP contribution >= 0.6 is 0 Å². The minimum atomic E-state index is 0.722. The Balaban J connectivity index is 1.82. The number of nitrogens with zero attached hydrogens (tertiary/aromatic N) is 2. The van der Waals surface area contributed by atoms with Crippen LogP contribution in [-0.4, -0.2) is 29.6 Å². The van der Waals surface area contributed by atoms with E-state index in [9.17, 15) is 0 Å². The summed E-state index contributed by atoms with van der Waals surface area (Å²) in [6.07, 6.45) is 4.92. The first-order valence-electron chi connectivity index (χ1n) is 5.08. The lowest BCUT2D eigenvalue weighted by molar-refractivity contribution is 0.613. The largest absolute Gasteiger partial charge is 0.354 e. The SMILES string of the molecule is Cc1cnc(NCC2CCNC2)nc1. The Labute approximate surface area is 84.2 Å². The van der Waals surface area contributed by atoms with Gasteiger partial charge in [-0.05, 0) is 37.9 Å². The second-order valence-corrected chi connectivity index (χ2v) is 3.82. The van der Waals surface area contributed by atoms with Crippen LogP contribution in [0.25, 0.3) is 0 Å². The molecule has 0 radical (unpaired) electrons. The zero-order chi connectivity index (χ0) is 9.80. The van der Waals surface area contributed by atoms with Crippen LogP contribution in [0.2, 0.25) is 0 Å². The molecule has 0 bridgehead atoms. The smallest absolute Gasteiger partial charge is 0.222 e. The van der Waals surface area contributed by atoms with Gasteiger partial charge in [-0.15, -0.1) is 0 Å². The molecule has 1 atom stereocenters. The zero-order valence-corrected chi connectivity index (χ0v) is 8.45. The summed E-state index contributed by atoms with van der Waals surface area (Å²) < 4.78 is 0. The maximum atomic E-state index is 4.20. The highest BCUT2D eigenvalue weighted by Crippen LogP contribution is 2.08. The molecule has 0 aromatic carbocycles. The Morgan fingerprint density at radius 3 is 2.93 bits per heavy atom. The van der Waals surface area contributed by atoms with Gasteiger partial charge in [-0.1, -0.05) is 0 Å². The van der Waals surface area contributed by atoms with Crippen molar-refractivity contribution < 1.29 is 0 Å². The lowest BCUT2D eigenvalue weighted by Crippen LogP contribution is -2.18. The highest BCUT2D eigenvalue weighted by atomic mass is 15.1. The minimum absolute atomic E-state index is 0.722. The van der Waals surface area contributed by atoms with Crippen LogP contribution < -0.4 is 10.6 Å². The number of hydrogen-bond acceptors (Lipinski definition) is 4. The topological polar surface area (TPSA) is 49.8 Å². The molecule has 1 aromatic heterocycles. The molecule has 1 unspecified atom stereocenters. The summed E-state index contributed by atoms with van der Waals surface area (Å²) in [4.78, 5) is 8.39. The maximum absolute atomic E-state index is 4.20. The van der Waals surface area contributed by atoms with E-state index >= 15 is 0 Å². The van der Waals surface area contributed by atoms with E-state index in [-0.39, 0.29) is 0 Å². The molecule has 0 amide bonds. The van der Waals surface area contributed by atoms with E-state index in [4.69, 9.17) is 0 Å². The normalized spacial score (nSPS) is 21.1. The fourth-order valence-electron chi connectivity index (χ4n) is 1.61. The predicted molar refractivity (Wildman–Crippen MR) is 56.2 cm³/mol. The third-order valence-corrected chi connectivity index (χ3v) is 2.49. The highest BCUT2D eigenvalue weighted by molar-refractivity contribution is 5.24. The number of rotatable bonds is 3. The molecule has 1 saturated heterocycles. The standard InChI is InChI=1S/C10H16N4/c1-8-4-12-10(13-5-8)14-7-9-2-3-11-6-9/h4-5,9,11H,2-3,6-7H2,1H3,(H,12,13,14). The van der Waals surface area contributed by atoms with Gasteiger partial charge in [0.15, 0.2) is 0 Å². The highest BCUT2D eigenvalue weighted by Gasteiger charge is 2.13. The van der Waals surface area contributed by atoms with Crippen LogP contribution in [0.15, 0.2) is 12.4 Å². The van der Waals surface area contributed by atoms with E-state index in [0.717, 1.165) is 37.1 Å². The number of nitrogens with one attached hydrogen (secondary N) is 2. The molecule has 4 nitrogen and oxygen atoms in total. The van der Waals surface area contributed by atoms with Crippen molar-refractivity contribution in [3.63, 3.8) is 0 Å². The van der Waals surface area contributed by atoms with Gasteiger partial charge in [0.25, 0.3) is 0 Å². The third kappa shape index (κ3) is 2.42. The Bertz CT molecular complexity index is 277. The minimum Gasteiger partial charge on any atom is -0.354 e. The second kappa shape index (κ2) is 4.37. The van der Waals surface area contributed by atoms with Gasteiger partial charge in [-0.3, -0.25) is 0 Å². The molecule has 0 saturated carbocycles. The lowest BCUT2D eigenvalue weighted by Gasteiger charge is -2.09. The summed E-state index contributed by atoms with van der Waals surface area (Å²) in [5.74, 6) is 1.46. The van der Waals surface area contributed by atoms with Gasteiger partial charge >= 0.3 is 0 Å². The van der Waals surface area contributed by atoms with Crippen LogP contribution in [-0.2, 0) is 0 Å². The average Bonchev–Trinajstić information content (AvgIpc) is 2.70. The molecule has 1 aliphatic rings. The Morgan fingerprint density at radius 1 is 1.50 bits per heavy atom. The summed E-state index contributed by atoms with van der Waals surface area (Å²) in [6.45, 7) is 5.21. The molecule has 0 spiro atoms. The summed E-state index contributed by atoms with van der Waals surface area (Å²) in [6, 6.07) is 0. The van der Waals surface area contributed by atoms with Crippen molar-refractivity contribution in [2.45, 2.75) is 13.3 Å². The predicted octanol–water partition coefficient (Wildman–Crippen LogP) is 0.806. The maximum Gasteiger partial charge on any atom is 0.222 e. The van der Waals surface area contributed by atoms with Crippen molar-refractivity contribution in [1.29, 1.82) is 0 Å². The van der Waals surface area contributed by atoms with E-state index in [2.05, 4.69) is 20.6 Å². The fraction of sp³-hybridized carbons (Fsp3) is 0.600. The first-order valence-corrected chi connectivity index (χ1v) is 5.08. The summed E-state index contributed by atoms with van der Waals surface area (Å²) in [7, 11) is 0. The van der Waals surface area contributed by atoms with E-state index in [1.807, 2.05) is 19.3 Å². The quantitative estimate of drug-likeness (QED) is 0.744. The van der Waals surface area contributed by atoms with E-state index in [1.54, 1.807) is 0 Å². The molecule has 1 aromatic rings. The van der Waals surface area contributed by atoms with Crippen LogP contribution in [0, 0.1) is 12.8 Å². The van der Waals surface area contributed by atoms with E-state index in [1.165, 1.54) is 6.42 Å². The number of aromatic nitrogens is 2. The van der Waals surface area contributed by atoms with Crippen LogP contribution in [0.1, 0.15) is 12.0 Å². The van der Waals surface area contributed by atoms with Gasteiger partial charge in [0.05, 0.1) is 0 Å². The van der Waals surface area contributed by atoms with Crippen LogP contribution in [0.3, 0.4) is 0 Å². The van der Waals surface area contributed by atoms with Crippen LogP contribution in [0.4, 0.5) is 5.95 Å². The van der Waals surface area contributed by atoms with Crippen molar-refractivity contribution in [3.8, 4) is 0 Å². The molecule has 2 heterocycles. The molecule has 76 valence electrons. The monoisotopic (exact) mass is 192 g/mol. The van der Waals surface area contributed by atoms with E-state index < -0.39 is 0 Å². The first-order chi connectivity index (χ1) is 6.84. The molecule has 0 aliphatic carbocycles. The Kier molecular flexibility index (Phi) is 2.93. The third-order valence-electron chi connectivity index (χ3n) is 2.49.